The molecule has 0 spiro atoms. The highest BCUT2D eigenvalue weighted by molar-refractivity contribution is 6.01. The van der Waals surface area contributed by atoms with Gasteiger partial charge >= 0.3 is 0 Å². The van der Waals surface area contributed by atoms with Gasteiger partial charge < -0.3 is 25.5 Å². The van der Waals surface area contributed by atoms with Crippen LogP contribution < -0.4 is 21.6 Å². The van der Waals surface area contributed by atoms with Gasteiger partial charge in [0.1, 0.15) is 5.56 Å². The maximum absolute atomic E-state index is 13.6. The van der Waals surface area contributed by atoms with Crippen molar-refractivity contribution in [3.05, 3.63) is 39.7 Å². The van der Waals surface area contributed by atoms with E-state index < -0.39 is 46.7 Å². The molecule has 1 amide bonds. The van der Waals surface area contributed by atoms with E-state index in [1.54, 1.807) is 6.92 Å². The molecule has 0 atom stereocenters. The van der Waals surface area contributed by atoms with Crippen LogP contribution in [-0.2, 0) is 11.3 Å². The number of hydrogen-bond acceptors (Lipinski definition) is 5. The number of nitrogens with zero attached hydrogens (tertiary/aromatic N) is 1. The Morgan fingerprint density at radius 3 is 2.61 bits per heavy atom. The summed E-state index contributed by atoms with van der Waals surface area (Å²) in [5, 5.41) is 12.0. The average molecular weight is 324 g/mol. The average Bonchev–Trinajstić information content (AvgIpc) is 2.50. The molecule has 2 rings (SSSR count). The standard InChI is InChI=1S/C14H13F2N3O4/c1-2-19-5-6(14(23)18-4-9(20)21)13(22)10-8(19)3-7(15)11(16)12(10)17/h3,5H,2,4,17H2,1H3,(H,18,23)(H,20,21)/p-1. The topological polar surface area (TPSA) is 117 Å². The number of pyridine rings is 1. The van der Waals surface area contributed by atoms with Crippen LogP contribution in [0.3, 0.4) is 0 Å². The third kappa shape index (κ3) is 2.85. The SMILES string of the molecule is CCn1cc(C(=O)NCC(=O)[O-])c(=O)c2c(N)c(F)c(F)cc21. The van der Waals surface area contributed by atoms with Crippen molar-refractivity contribution < 1.29 is 23.5 Å². The molecule has 0 unspecified atom stereocenters. The molecule has 3 N–H and O–H groups in total. The number of carbonyl (C=O) groups excluding carboxylic acids is 2. The molecule has 0 aliphatic rings. The zero-order chi connectivity index (χ0) is 17.3. The van der Waals surface area contributed by atoms with E-state index in [2.05, 4.69) is 0 Å². The van der Waals surface area contributed by atoms with Gasteiger partial charge in [-0.15, -0.1) is 0 Å². The lowest BCUT2D eigenvalue weighted by Gasteiger charge is -2.14. The third-order valence-corrected chi connectivity index (χ3v) is 3.28. The molecule has 0 saturated carbocycles. The summed E-state index contributed by atoms with van der Waals surface area (Å²) < 4.78 is 28.5. The Hall–Kier alpha value is -2.97. The van der Waals surface area contributed by atoms with Crippen molar-refractivity contribution in [2.75, 3.05) is 12.3 Å². The first kappa shape index (κ1) is 16.4. The maximum atomic E-state index is 13.6. The van der Waals surface area contributed by atoms with Gasteiger partial charge in [0, 0.05) is 18.8 Å². The normalized spacial score (nSPS) is 10.7. The molecule has 7 nitrogen and oxygen atoms in total. The van der Waals surface area contributed by atoms with Crippen LogP contribution in [-0.4, -0.2) is 23.0 Å². The van der Waals surface area contributed by atoms with Crippen LogP contribution in [0.2, 0.25) is 0 Å². The van der Waals surface area contributed by atoms with Crippen molar-refractivity contribution in [3.8, 4) is 0 Å². The third-order valence-electron chi connectivity index (χ3n) is 3.28. The lowest BCUT2D eigenvalue weighted by Crippen LogP contribution is -2.39. The van der Waals surface area contributed by atoms with Crippen molar-refractivity contribution in [2.45, 2.75) is 13.5 Å². The summed E-state index contributed by atoms with van der Waals surface area (Å²) in [6.45, 7) is 1.10. The second-order valence-corrected chi connectivity index (χ2v) is 4.69. The number of hydrogen-bond donors (Lipinski definition) is 2. The van der Waals surface area contributed by atoms with E-state index in [1.807, 2.05) is 5.32 Å². The number of aryl methyl sites for hydroxylation is 1. The summed E-state index contributed by atoms with van der Waals surface area (Å²) in [5.41, 5.74) is 3.44. The summed E-state index contributed by atoms with van der Waals surface area (Å²) >= 11 is 0. The molecule has 0 aliphatic heterocycles. The Morgan fingerprint density at radius 2 is 2.04 bits per heavy atom. The van der Waals surface area contributed by atoms with Gasteiger partial charge in [-0.3, -0.25) is 9.59 Å². The number of carboxylic acids is 1. The highest BCUT2D eigenvalue weighted by Crippen LogP contribution is 2.24. The largest absolute Gasteiger partial charge is 0.548 e. The number of anilines is 1. The molecule has 1 aromatic carbocycles. The van der Waals surface area contributed by atoms with Gasteiger partial charge in [0.05, 0.1) is 29.1 Å². The zero-order valence-electron chi connectivity index (χ0n) is 12.0. The summed E-state index contributed by atoms with van der Waals surface area (Å²) in [4.78, 5) is 34.7. The zero-order valence-corrected chi connectivity index (χ0v) is 12.0. The van der Waals surface area contributed by atoms with Crippen molar-refractivity contribution in [1.29, 1.82) is 0 Å². The van der Waals surface area contributed by atoms with Crippen LogP contribution in [0.25, 0.3) is 10.9 Å². The number of halogens is 2. The number of fused-ring (bicyclic) bond motifs is 1. The Kier molecular flexibility index (Phi) is 4.30. The van der Waals surface area contributed by atoms with Crippen LogP contribution in [0, 0.1) is 11.6 Å². The number of nitrogens with one attached hydrogen (secondary N) is 1. The summed E-state index contributed by atoms with van der Waals surface area (Å²) in [5.74, 6) is -5.12. The van der Waals surface area contributed by atoms with Crippen LogP contribution in [0.15, 0.2) is 17.1 Å². The van der Waals surface area contributed by atoms with Gasteiger partial charge in [-0.05, 0) is 6.92 Å². The minimum Gasteiger partial charge on any atom is -0.548 e. The number of nitrogens with two attached hydrogens (primary N) is 1. The van der Waals surface area contributed by atoms with Gasteiger partial charge in [0.15, 0.2) is 11.6 Å². The predicted molar refractivity (Wildman–Crippen MR) is 75.6 cm³/mol. The molecule has 1 aromatic heterocycles. The molecule has 0 radical (unpaired) electrons. The monoisotopic (exact) mass is 324 g/mol. The summed E-state index contributed by atoms with van der Waals surface area (Å²) in [6, 6.07) is 0.814. The van der Waals surface area contributed by atoms with Gasteiger partial charge in [-0.2, -0.15) is 0 Å². The Labute approximate surface area is 128 Å². The fourth-order valence-electron chi connectivity index (χ4n) is 2.19. The molecule has 0 aliphatic carbocycles. The molecule has 0 saturated heterocycles. The molecule has 0 bridgehead atoms. The molecule has 122 valence electrons. The highest BCUT2D eigenvalue weighted by atomic mass is 19.2. The van der Waals surface area contributed by atoms with E-state index in [1.165, 1.54) is 4.57 Å². The number of aromatic nitrogens is 1. The van der Waals surface area contributed by atoms with Crippen LogP contribution in [0.4, 0.5) is 14.5 Å². The second kappa shape index (κ2) is 6.03. The summed E-state index contributed by atoms with van der Waals surface area (Å²) in [6.07, 6.45) is 1.13. The fraction of sp³-hybridized carbons (Fsp3) is 0.214. The van der Waals surface area contributed by atoms with Crippen LogP contribution in [0.5, 0.6) is 0 Å². The maximum Gasteiger partial charge on any atom is 0.257 e. The molecular formula is C14H12F2N3O4-. The van der Waals surface area contributed by atoms with Gasteiger partial charge in [0.25, 0.3) is 5.91 Å². The Morgan fingerprint density at radius 1 is 1.39 bits per heavy atom. The van der Waals surface area contributed by atoms with Gasteiger partial charge in [-0.25, -0.2) is 8.78 Å². The molecule has 23 heavy (non-hydrogen) atoms. The highest BCUT2D eigenvalue weighted by Gasteiger charge is 2.20. The van der Waals surface area contributed by atoms with Crippen LogP contribution >= 0.6 is 0 Å². The Bertz CT molecular complexity index is 877. The lowest BCUT2D eigenvalue weighted by molar-refractivity contribution is -0.303. The minimum atomic E-state index is -1.54. The van der Waals surface area contributed by atoms with Gasteiger partial charge in [0.2, 0.25) is 5.43 Å². The minimum absolute atomic E-state index is 0.0327. The van der Waals surface area contributed by atoms with Crippen LogP contribution in [0.1, 0.15) is 17.3 Å². The fourth-order valence-corrected chi connectivity index (χ4v) is 2.19. The molecular weight excluding hydrogens is 312 g/mol. The Balaban J connectivity index is 2.74. The number of benzene rings is 1. The number of rotatable bonds is 4. The van der Waals surface area contributed by atoms with E-state index >= 15 is 0 Å². The van der Waals surface area contributed by atoms with E-state index in [0.717, 1.165) is 12.3 Å². The smallest absolute Gasteiger partial charge is 0.257 e. The number of carboxylic acid groups (broad SMARTS) is 1. The van der Waals surface area contributed by atoms with E-state index in [-0.39, 0.29) is 17.4 Å². The van der Waals surface area contributed by atoms with Crippen molar-refractivity contribution >= 4 is 28.5 Å². The number of amides is 1. The molecule has 9 heteroatoms. The molecule has 1 heterocycles. The van der Waals surface area contributed by atoms with E-state index in [0.29, 0.717) is 0 Å². The quantitative estimate of drug-likeness (QED) is 0.726. The first-order chi connectivity index (χ1) is 10.8. The van der Waals surface area contributed by atoms with Crippen molar-refractivity contribution in [1.82, 2.24) is 9.88 Å². The van der Waals surface area contributed by atoms with Crippen molar-refractivity contribution in [3.63, 3.8) is 0 Å². The molecule has 2 aromatic rings. The van der Waals surface area contributed by atoms with Crippen molar-refractivity contribution in [2.24, 2.45) is 0 Å². The molecule has 0 fully saturated rings. The summed E-state index contributed by atoms with van der Waals surface area (Å²) in [7, 11) is 0. The number of carbonyl (C=O) groups is 2. The van der Waals surface area contributed by atoms with Gasteiger partial charge in [-0.1, -0.05) is 0 Å². The second-order valence-electron chi connectivity index (χ2n) is 4.69. The van der Waals surface area contributed by atoms with E-state index in [9.17, 15) is 28.3 Å². The number of aliphatic carboxylic acids is 1. The van der Waals surface area contributed by atoms with E-state index in [4.69, 9.17) is 5.73 Å². The first-order valence-corrected chi connectivity index (χ1v) is 6.56. The first-order valence-electron chi connectivity index (χ1n) is 6.56. The lowest BCUT2D eigenvalue weighted by atomic mass is 10.1. The predicted octanol–water partition coefficient (Wildman–Crippen LogP) is -0.639. The number of nitrogen functional groups attached to an aromatic ring is 1.